The van der Waals surface area contributed by atoms with Crippen molar-refractivity contribution in [3.05, 3.63) is 24.0 Å². The molecule has 0 spiro atoms. The van der Waals surface area contributed by atoms with Crippen LogP contribution in [-0.2, 0) is 10.3 Å². The van der Waals surface area contributed by atoms with Crippen LogP contribution < -0.4 is 11.1 Å². The fourth-order valence-electron chi connectivity index (χ4n) is 2.20. The van der Waals surface area contributed by atoms with Crippen molar-refractivity contribution in [2.45, 2.75) is 25.0 Å². The van der Waals surface area contributed by atoms with Gasteiger partial charge in [-0.3, -0.25) is 4.98 Å². The molecule has 2 rings (SSSR count). The summed E-state index contributed by atoms with van der Waals surface area (Å²) in [6.45, 7) is 3.93. The van der Waals surface area contributed by atoms with E-state index in [-0.39, 0.29) is 6.04 Å². The first-order valence-corrected chi connectivity index (χ1v) is 5.83. The van der Waals surface area contributed by atoms with Crippen LogP contribution in [0.2, 0.25) is 0 Å². The molecular weight excluding hydrogens is 218 g/mol. The normalized spacial score (nSPS) is 24.2. The molecule has 0 aliphatic carbocycles. The van der Waals surface area contributed by atoms with E-state index in [2.05, 4.69) is 10.3 Å². The lowest BCUT2D eigenvalue weighted by Crippen LogP contribution is -2.45. The second-order valence-corrected chi connectivity index (χ2v) is 4.67. The molecule has 2 unspecified atom stereocenters. The van der Waals surface area contributed by atoms with Crippen LogP contribution in [0.5, 0.6) is 0 Å². The number of nitrogens with two attached hydrogens (primary N) is 1. The minimum Gasteiger partial charge on any atom is -0.398 e. The lowest BCUT2D eigenvalue weighted by atomic mass is 9.89. The first kappa shape index (κ1) is 12.3. The molecule has 0 amide bonds. The maximum absolute atomic E-state index is 10.5. The second kappa shape index (κ2) is 5.00. The zero-order valence-electron chi connectivity index (χ0n) is 10.0. The second-order valence-electron chi connectivity index (χ2n) is 4.67. The van der Waals surface area contributed by atoms with Crippen molar-refractivity contribution in [1.29, 1.82) is 0 Å². The highest BCUT2D eigenvalue weighted by atomic mass is 16.5. The maximum Gasteiger partial charge on any atom is 0.0919 e. The molecule has 1 saturated heterocycles. The first-order chi connectivity index (χ1) is 8.09. The molecule has 1 aliphatic heterocycles. The molecule has 2 atom stereocenters. The molecule has 4 N–H and O–H groups in total. The summed E-state index contributed by atoms with van der Waals surface area (Å²) in [7, 11) is 0. The smallest absolute Gasteiger partial charge is 0.0919 e. The van der Waals surface area contributed by atoms with E-state index in [0.29, 0.717) is 24.3 Å². The fourth-order valence-corrected chi connectivity index (χ4v) is 2.20. The number of nitrogens with one attached hydrogen (secondary N) is 1. The third-order valence-electron chi connectivity index (χ3n) is 3.08. The van der Waals surface area contributed by atoms with Gasteiger partial charge in [0.05, 0.1) is 18.8 Å². The van der Waals surface area contributed by atoms with Crippen molar-refractivity contribution >= 4 is 5.69 Å². The molecule has 17 heavy (non-hydrogen) atoms. The van der Waals surface area contributed by atoms with Crippen LogP contribution in [0.15, 0.2) is 18.5 Å². The molecule has 1 aliphatic rings. The van der Waals surface area contributed by atoms with Crippen molar-refractivity contribution in [1.82, 2.24) is 10.3 Å². The lowest BCUT2D eigenvalue weighted by molar-refractivity contribution is 0.00350. The molecule has 94 valence electrons. The molecule has 0 bridgehead atoms. The average molecular weight is 237 g/mol. The Morgan fingerprint density at radius 2 is 2.53 bits per heavy atom. The van der Waals surface area contributed by atoms with Crippen LogP contribution in [0.4, 0.5) is 5.69 Å². The summed E-state index contributed by atoms with van der Waals surface area (Å²) in [6.07, 6.45) is 3.80. The van der Waals surface area contributed by atoms with Crippen LogP contribution >= 0.6 is 0 Å². The Balaban J connectivity index is 2.10. The monoisotopic (exact) mass is 237 g/mol. The molecular formula is C12H19N3O2. The van der Waals surface area contributed by atoms with Crippen LogP contribution in [0.1, 0.15) is 18.9 Å². The van der Waals surface area contributed by atoms with E-state index < -0.39 is 5.60 Å². The third kappa shape index (κ3) is 2.94. The van der Waals surface area contributed by atoms with Gasteiger partial charge in [-0.25, -0.2) is 0 Å². The Hall–Kier alpha value is -1.17. The topological polar surface area (TPSA) is 80.4 Å². The molecule has 1 fully saturated rings. The van der Waals surface area contributed by atoms with Gasteiger partial charge in [0.1, 0.15) is 0 Å². The van der Waals surface area contributed by atoms with Gasteiger partial charge in [-0.05, 0) is 19.4 Å². The highest BCUT2D eigenvalue weighted by Crippen LogP contribution is 2.29. The fraction of sp³-hybridized carbons (Fsp3) is 0.583. The zero-order chi connectivity index (χ0) is 12.3. The van der Waals surface area contributed by atoms with Crippen LogP contribution in [-0.4, -0.2) is 35.9 Å². The van der Waals surface area contributed by atoms with Gasteiger partial charge in [0.2, 0.25) is 0 Å². The van der Waals surface area contributed by atoms with E-state index in [0.717, 1.165) is 13.2 Å². The predicted octanol–water partition coefficient (Wildman–Crippen LogP) is 0.250. The maximum atomic E-state index is 10.5. The largest absolute Gasteiger partial charge is 0.398 e. The number of morpholine rings is 1. The number of aromatic nitrogens is 1. The summed E-state index contributed by atoms with van der Waals surface area (Å²) >= 11 is 0. The number of pyridine rings is 1. The van der Waals surface area contributed by atoms with E-state index in [1.54, 1.807) is 25.4 Å². The third-order valence-corrected chi connectivity index (χ3v) is 3.08. The quantitative estimate of drug-likeness (QED) is 0.702. The summed E-state index contributed by atoms with van der Waals surface area (Å²) in [5.74, 6) is 0. The van der Waals surface area contributed by atoms with E-state index in [1.165, 1.54) is 0 Å². The van der Waals surface area contributed by atoms with Gasteiger partial charge in [-0.15, -0.1) is 0 Å². The summed E-state index contributed by atoms with van der Waals surface area (Å²) < 4.78 is 5.37. The summed E-state index contributed by atoms with van der Waals surface area (Å²) in [5, 5.41) is 13.8. The molecule has 0 radical (unpaired) electrons. The number of nitrogens with zero attached hydrogens (tertiary/aromatic N) is 1. The highest BCUT2D eigenvalue weighted by molar-refractivity contribution is 5.47. The highest BCUT2D eigenvalue weighted by Gasteiger charge is 2.30. The summed E-state index contributed by atoms with van der Waals surface area (Å²) in [5.41, 5.74) is 6.12. The Bertz CT molecular complexity index is 376. The van der Waals surface area contributed by atoms with Crippen molar-refractivity contribution in [3.63, 3.8) is 0 Å². The van der Waals surface area contributed by atoms with Crippen molar-refractivity contribution < 1.29 is 9.84 Å². The number of aliphatic hydroxyl groups is 1. The predicted molar refractivity (Wildman–Crippen MR) is 65.4 cm³/mol. The van der Waals surface area contributed by atoms with E-state index in [4.69, 9.17) is 10.5 Å². The molecule has 1 aromatic heterocycles. The minimum atomic E-state index is -0.989. The van der Waals surface area contributed by atoms with Crippen molar-refractivity contribution in [2.75, 3.05) is 25.5 Å². The Morgan fingerprint density at radius 1 is 1.71 bits per heavy atom. The molecule has 5 nitrogen and oxygen atoms in total. The van der Waals surface area contributed by atoms with Gasteiger partial charge in [0, 0.05) is 36.2 Å². The van der Waals surface area contributed by atoms with Crippen LogP contribution in [0.25, 0.3) is 0 Å². The minimum absolute atomic E-state index is 0.151. The van der Waals surface area contributed by atoms with Gasteiger partial charge in [-0.2, -0.15) is 0 Å². The van der Waals surface area contributed by atoms with Crippen LogP contribution in [0, 0.1) is 0 Å². The standard InChI is InChI=1S/C12H19N3O2/c1-12(16,6-9-8-17-5-4-15-9)10-7-14-3-2-11(10)13/h2-3,7,9,15-16H,4-6,8H2,1H3,(H2,13,14). The Morgan fingerprint density at radius 3 is 3.18 bits per heavy atom. The van der Waals surface area contributed by atoms with Crippen molar-refractivity contribution in [2.24, 2.45) is 0 Å². The van der Waals surface area contributed by atoms with Gasteiger partial charge in [0.25, 0.3) is 0 Å². The number of rotatable bonds is 3. The van der Waals surface area contributed by atoms with Crippen molar-refractivity contribution in [3.8, 4) is 0 Å². The van der Waals surface area contributed by atoms with Gasteiger partial charge < -0.3 is 20.9 Å². The van der Waals surface area contributed by atoms with E-state index in [9.17, 15) is 5.11 Å². The Kier molecular flexibility index (Phi) is 3.61. The average Bonchev–Trinajstić information content (AvgIpc) is 2.30. The van der Waals surface area contributed by atoms with E-state index >= 15 is 0 Å². The lowest BCUT2D eigenvalue weighted by Gasteiger charge is -2.32. The SMILES string of the molecule is CC(O)(CC1COCCN1)c1cnccc1N. The first-order valence-electron chi connectivity index (χ1n) is 5.83. The van der Waals surface area contributed by atoms with E-state index in [1.807, 2.05) is 0 Å². The zero-order valence-corrected chi connectivity index (χ0v) is 10.0. The molecule has 0 saturated carbocycles. The number of anilines is 1. The molecule has 5 heteroatoms. The molecule has 1 aromatic rings. The van der Waals surface area contributed by atoms with Gasteiger partial charge in [-0.1, -0.05) is 0 Å². The number of hydrogen-bond acceptors (Lipinski definition) is 5. The van der Waals surface area contributed by atoms with Crippen LogP contribution in [0.3, 0.4) is 0 Å². The number of nitrogen functional groups attached to an aromatic ring is 1. The molecule has 2 heterocycles. The van der Waals surface area contributed by atoms with Gasteiger partial charge >= 0.3 is 0 Å². The molecule has 0 aromatic carbocycles. The number of hydrogen-bond donors (Lipinski definition) is 3. The Labute approximate surface area is 101 Å². The summed E-state index contributed by atoms with van der Waals surface area (Å²) in [6, 6.07) is 1.85. The summed E-state index contributed by atoms with van der Waals surface area (Å²) in [4.78, 5) is 4.01. The van der Waals surface area contributed by atoms with Gasteiger partial charge in [0.15, 0.2) is 0 Å². The number of ether oxygens (including phenoxy) is 1.